The van der Waals surface area contributed by atoms with E-state index < -0.39 is 0 Å². The standard InChI is InChI=1S/C22H33N5O2/c1-5-6-10-17-27(3)22(23-2)24-16-9-7-8-11-20-25-21(26-29-20)18-12-14-19(28-4)15-13-18/h5,12-15H,1,6-11,16-17H2,2-4H3,(H,23,24). The molecule has 0 bridgehead atoms. The second kappa shape index (κ2) is 12.6. The smallest absolute Gasteiger partial charge is 0.226 e. The van der Waals surface area contributed by atoms with E-state index in [0.29, 0.717) is 11.7 Å². The van der Waals surface area contributed by atoms with Crippen LogP contribution in [0, 0.1) is 0 Å². The number of unbranched alkanes of at least 4 members (excludes halogenated alkanes) is 3. The Morgan fingerprint density at radius 2 is 2.03 bits per heavy atom. The number of rotatable bonds is 12. The molecule has 0 radical (unpaired) electrons. The average Bonchev–Trinajstić information content (AvgIpc) is 3.22. The number of aliphatic imine (C=N–C) groups is 1. The van der Waals surface area contributed by atoms with Crippen LogP contribution in [0.25, 0.3) is 11.4 Å². The Labute approximate surface area is 173 Å². The summed E-state index contributed by atoms with van der Waals surface area (Å²) in [5, 5.41) is 7.49. The molecule has 0 aliphatic rings. The van der Waals surface area contributed by atoms with Gasteiger partial charge in [0.2, 0.25) is 11.7 Å². The Kier molecular flexibility index (Phi) is 9.75. The summed E-state index contributed by atoms with van der Waals surface area (Å²) in [6, 6.07) is 7.65. The lowest BCUT2D eigenvalue weighted by molar-refractivity contribution is 0.374. The van der Waals surface area contributed by atoms with Crippen LogP contribution in [0.1, 0.15) is 38.0 Å². The Balaban J connectivity index is 1.65. The van der Waals surface area contributed by atoms with Crippen molar-refractivity contribution in [3.05, 3.63) is 42.8 Å². The van der Waals surface area contributed by atoms with E-state index in [1.165, 1.54) is 0 Å². The zero-order valence-electron chi connectivity index (χ0n) is 17.9. The molecule has 1 aromatic heterocycles. The quantitative estimate of drug-likeness (QED) is 0.252. The minimum Gasteiger partial charge on any atom is -0.497 e. The number of hydrogen-bond acceptors (Lipinski definition) is 5. The molecule has 0 unspecified atom stereocenters. The highest BCUT2D eigenvalue weighted by atomic mass is 16.5. The lowest BCUT2D eigenvalue weighted by Crippen LogP contribution is -2.39. The van der Waals surface area contributed by atoms with Crippen molar-refractivity contribution < 1.29 is 9.26 Å². The van der Waals surface area contributed by atoms with Gasteiger partial charge in [-0.3, -0.25) is 4.99 Å². The first kappa shape index (κ1) is 22.5. The van der Waals surface area contributed by atoms with Crippen molar-refractivity contribution in [3.63, 3.8) is 0 Å². The van der Waals surface area contributed by atoms with Crippen LogP contribution in [0.2, 0.25) is 0 Å². The third-order valence-corrected chi connectivity index (χ3v) is 4.64. The van der Waals surface area contributed by atoms with Crippen LogP contribution in [0.5, 0.6) is 5.75 Å². The molecule has 0 fully saturated rings. The van der Waals surface area contributed by atoms with Gasteiger partial charge in [0.1, 0.15) is 5.75 Å². The summed E-state index contributed by atoms with van der Waals surface area (Å²) in [5.74, 6) is 3.05. The van der Waals surface area contributed by atoms with Crippen molar-refractivity contribution in [1.82, 2.24) is 20.4 Å². The highest BCUT2D eigenvalue weighted by molar-refractivity contribution is 5.79. The number of nitrogens with zero attached hydrogens (tertiary/aromatic N) is 4. The van der Waals surface area contributed by atoms with E-state index in [0.717, 1.165) is 68.9 Å². The number of hydrogen-bond donors (Lipinski definition) is 1. The maximum absolute atomic E-state index is 5.38. The molecular weight excluding hydrogens is 366 g/mol. The molecule has 158 valence electrons. The van der Waals surface area contributed by atoms with Crippen molar-refractivity contribution in [2.45, 2.75) is 38.5 Å². The van der Waals surface area contributed by atoms with Crippen molar-refractivity contribution in [1.29, 1.82) is 0 Å². The van der Waals surface area contributed by atoms with Gasteiger partial charge in [-0.05, 0) is 49.9 Å². The first-order valence-electron chi connectivity index (χ1n) is 10.2. The van der Waals surface area contributed by atoms with Crippen LogP contribution in [0.4, 0.5) is 0 Å². The minimum absolute atomic E-state index is 0.618. The molecule has 1 heterocycles. The zero-order valence-corrected chi connectivity index (χ0v) is 17.9. The molecule has 1 N–H and O–H groups in total. The predicted molar refractivity (Wildman–Crippen MR) is 117 cm³/mol. The molecule has 1 aromatic carbocycles. The van der Waals surface area contributed by atoms with Gasteiger partial charge in [0.15, 0.2) is 5.96 Å². The fourth-order valence-corrected chi connectivity index (χ4v) is 2.96. The van der Waals surface area contributed by atoms with Gasteiger partial charge in [-0.15, -0.1) is 6.58 Å². The maximum atomic E-state index is 5.38. The molecule has 0 atom stereocenters. The van der Waals surface area contributed by atoms with Gasteiger partial charge in [-0.1, -0.05) is 17.7 Å². The molecule has 2 rings (SSSR count). The van der Waals surface area contributed by atoms with E-state index >= 15 is 0 Å². The summed E-state index contributed by atoms with van der Waals surface area (Å²) >= 11 is 0. The van der Waals surface area contributed by atoms with Gasteiger partial charge < -0.3 is 19.5 Å². The lowest BCUT2D eigenvalue weighted by Gasteiger charge is -2.21. The highest BCUT2D eigenvalue weighted by Crippen LogP contribution is 2.20. The van der Waals surface area contributed by atoms with Crippen LogP contribution in [0.3, 0.4) is 0 Å². The largest absolute Gasteiger partial charge is 0.497 e. The second-order valence-corrected chi connectivity index (χ2v) is 6.88. The van der Waals surface area contributed by atoms with Gasteiger partial charge in [0, 0.05) is 39.2 Å². The second-order valence-electron chi connectivity index (χ2n) is 6.88. The number of benzene rings is 1. The highest BCUT2D eigenvalue weighted by Gasteiger charge is 2.09. The average molecular weight is 400 g/mol. The van der Waals surface area contributed by atoms with E-state index in [-0.39, 0.29) is 0 Å². The van der Waals surface area contributed by atoms with E-state index in [1.807, 2.05) is 37.4 Å². The number of aryl methyl sites for hydroxylation is 1. The molecule has 0 spiro atoms. The molecule has 0 saturated heterocycles. The van der Waals surface area contributed by atoms with Gasteiger partial charge >= 0.3 is 0 Å². The number of ether oxygens (including phenoxy) is 1. The van der Waals surface area contributed by atoms with Gasteiger partial charge in [0.25, 0.3) is 0 Å². The minimum atomic E-state index is 0.618. The summed E-state index contributed by atoms with van der Waals surface area (Å²) in [7, 11) is 5.53. The predicted octanol–water partition coefficient (Wildman–Crippen LogP) is 3.93. The molecule has 29 heavy (non-hydrogen) atoms. The summed E-state index contributed by atoms with van der Waals surface area (Å²) in [6.07, 6.45) is 8.02. The monoisotopic (exact) mass is 399 g/mol. The van der Waals surface area contributed by atoms with Crippen molar-refractivity contribution >= 4 is 5.96 Å². The number of guanidine groups is 1. The van der Waals surface area contributed by atoms with E-state index in [9.17, 15) is 0 Å². The topological polar surface area (TPSA) is 75.8 Å². The Morgan fingerprint density at radius 3 is 2.72 bits per heavy atom. The molecule has 7 heteroatoms. The number of methoxy groups -OCH3 is 1. The van der Waals surface area contributed by atoms with Crippen LogP contribution in [-0.2, 0) is 6.42 Å². The van der Waals surface area contributed by atoms with E-state index in [1.54, 1.807) is 7.11 Å². The molecule has 0 aliphatic heterocycles. The summed E-state index contributed by atoms with van der Waals surface area (Å²) in [6.45, 7) is 5.64. The molecule has 0 saturated carbocycles. The number of nitrogens with one attached hydrogen (secondary N) is 1. The van der Waals surface area contributed by atoms with E-state index in [4.69, 9.17) is 9.26 Å². The number of aromatic nitrogens is 2. The van der Waals surface area contributed by atoms with Gasteiger partial charge in [-0.25, -0.2) is 0 Å². The fourth-order valence-electron chi connectivity index (χ4n) is 2.96. The molecule has 0 aliphatic carbocycles. The third-order valence-electron chi connectivity index (χ3n) is 4.64. The van der Waals surface area contributed by atoms with E-state index in [2.05, 4.69) is 39.0 Å². The maximum Gasteiger partial charge on any atom is 0.226 e. The molecule has 7 nitrogen and oxygen atoms in total. The Morgan fingerprint density at radius 1 is 1.24 bits per heavy atom. The van der Waals surface area contributed by atoms with Crippen molar-refractivity contribution in [2.24, 2.45) is 4.99 Å². The Hall–Kier alpha value is -2.83. The lowest BCUT2D eigenvalue weighted by atomic mass is 10.2. The zero-order chi connectivity index (χ0) is 20.9. The molecule has 2 aromatic rings. The first-order valence-corrected chi connectivity index (χ1v) is 10.2. The summed E-state index contributed by atoms with van der Waals surface area (Å²) < 4.78 is 10.5. The van der Waals surface area contributed by atoms with Crippen LogP contribution in [-0.4, -0.2) is 55.3 Å². The van der Waals surface area contributed by atoms with Crippen LogP contribution < -0.4 is 10.1 Å². The summed E-state index contributed by atoms with van der Waals surface area (Å²) in [4.78, 5) is 11.0. The number of allylic oxidation sites excluding steroid dienone is 1. The SMILES string of the molecule is C=CCCCN(C)C(=NC)NCCCCCc1nc(-c2ccc(OC)cc2)no1. The third kappa shape index (κ3) is 7.60. The normalized spacial score (nSPS) is 11.3. The van der Waals surface area contributed by atoms with Crippen LogP contribution in [0.15, 0.2) is 46.4 Å². The molecular formula is C22H33N5O2. The molecule has 0 amide bonds. The summed E-state index contributed by atoms with van der Waals surface area (Å²) in [5.41, 5.74) is 0.925. The van der Waals surface area contributed by atoms with Crippen molar-refractivity contribution in [3.8, 4) is 17.1 Å². The van der Waals surface area contributed by atoms with Crippen LogP contribution >= 0.6 is 0 Å². The van der Waals surface area contributed by atoms with Gasteiger partial charge in [0.05, 0.1) is 7.11 Å². The van der Waals surface area contributed by atoms with Crippen molar-refractivity contribution in [2.75, 3.05) is 34.3 Å². The fraction of sp³-hybridized carbons (Fsp3) is 0.500. The Bertz CT molecular complexity index is 755. The first-order chi connectivity index (χ1) is 14.2. The van der Waals surface area contributed by atoms with Gasteiger partial charge in [-0.2, -0.15) is 4.98 Å².